The van der Waals surface area contributed by atoms with Crippen molar-refractivity contribution in [2.24, 2.45) is 21.6 Å². The van der Waals surface area contributed by atoms with E-state index < -0.39 is 31.9 Å². The van der Waals surface area contributed by atoms with Crippen LogP contribution in [0.4, 0.5) is 5.00 Å². The van der Waals surface area contributed by atoms with Gasteiger partial charge in [0.1, 0.15) is 15.7 Å². The van der Waals surface area contributed by atoms with Crippen LogP contribution in [0.5, 0.6) is 0 Å². The number of carbonyl (C=O) groups is 2. The Kier molecular flexibility index (Phi) is 6.45. The van der Waals surface area contributed by atoms with Crippen molar-refractivity contribution < 1.29 is 26.4 Å². The van der Waals surface area contributed by atoms with Gasteiger partial charge in [0.2, 0.25) is 15.9 Å². The molecule has 1 aliphatic carbocycles. The van der Waals surface area contributed by atoms with Gasteiger partial charge in [-0.05, 0) is 30.1 Å². The van der Waals surface area contributed by atoms with E-state index in [1.54, 1.807) is 4.90 Å². The monoisotopic (exact) mass is 530 g/mol. The van der Waals surface area contributed by atoms with Crippen LogP contribution < -0.4 is 10.0 Å². The molecular formula is C21H30N4O6S3. The van der Waals surface area contributed by atoms with Crippen molar-refractivity contribution in [2.75, 3.05) is 18.1 Å². The Labute approximate surface area is 204 Å². The summed E-state index contributed by atoms with van der Waals surface area (Å²) in [6.07, 6.45) is 4.02. The van der Waals surface area contributed by atoms with Crippen LogP contribution in [0.25, 0.3) is 0 Å². The van der Waals surface area contributed by atoms with E-state index in [0.29, 0.717) is 13.0 Å². The number of amides is 1. The number of fused-ring (bicyclic) bond motifs is 2. The van der Waals surface area contributed by atoms with E-state index in [2.05, 4.69) is 35.2 Å². The van der Waals surface area contributed by atoms with Crippen molar-refractivity contribution in [3.05, 3.63) is 10.9 Å². The van der Waals surface area contributed by atoms with Gasteiger partial charge in [0.05, 0.1) is 6.26 Å². The molecule has 3 heterocycles. The van der Waals surface area contributed by atoms with Crippen LogP contribution >= 0.6 is 11.3 Å². The molecule has 188 valence electrons. The summed E-state index contributed by atoms with van der Waals surface area (Å²) in [5.41, 5.74) is 0.252. The minimum atomic E-state index is -4.24. The average molecular weight is 531 g/mol. The van der Waals surface area contributed by atoms with Crippen molar-refractivity contribution in [2.45, 2.75) is 63.9 Å². The molecule has 0 radical (unpaired) electrons. The van der Waals surface area contributed by atoms with Crippen LogP contribution in [0, 0.1) is 17.3 Å². The highest BCUT2D eigenvalue weighted by Crippen LogP contribution is 2.42. The van der Waals surface area contributed by atoms with E-state index in [1.807, 2.05) is 0 Å². The van der Waals surface area contributed by atoms with Crippen LogP contribution in [0.1, 0.15) is 52.0 Å². The molecular weight excluding hydrogens is 500 g/mol. The van der Waals surface area contributed by atoms with Crippen LogP contribution in [0.2, 0.25) is 0 Å². The fourth-order valence-corrected chi connectivity index (χ4v) is 7.88. The third-order valence-corrected chi connectivity index (χ3v) is 9.66. The lowest BCUT2D eigenvalue weighted by atomic mass is 9.81. The summed E-state index contributed by atoms with van der Waals surface area (Å²) in [6.45, 7) is 6.55. The number of thiophene rings is 1. The van der Waals surface area contributed by atoms with Gasteiger partial charge in [-0.2, -0.15) is 8.42 Å². The second kappa shape index (κ2) is 8.68. The summed E-state index contributed by atoms with van der Waals surface area (Å²) in [6, 6.07) is -0.148. The van der Waals surface area contributed by atoms with Crippen molar-refractivity contribution in [1.82, 2.24) is 9.62 Å². The number of nitrogens with zero attached hydrogens (tertiary/aromatic N) is 2. The number of likely N-dealkylation sites (tertiary alicyclic amines) is 1. The number of nitrogens with one attached hydrogen (secondary N) is 2. The minimum Gasteiger partial charge on any atom is -0.338 e. The normalized spacial score (nSPS) is 26.6. The highest BCUT2D eigenvalue weighted by molar-refractivity contribution is 7.91. The van der Waals surface area contributed by atoms with Gasteiger partial charge in [-0.25, -0.2) is 13.1 Å². The third-order valence-electron chi connectivity index (χ3n) is 6.50. The predicted molar refractivity (Wildman–Crippen MR) is 130 cm³/mol. The quantitative estimate of drug-likeness (QED) is 0.535. The number of amidine groups is 1. The Balaban J connectivity index is 1.66. The molecule has 3 atom stereocenters. The van der Waals surface area contributed by atoms with E-state index in [9.17, 15) is 26.4 Å². The van der Waals surface area contributed by atoms with Crippen molar-refractivity contribution in [3.63, 3.8) is 0 Å². The van der Waals surface area contributed by atoms with Crippen molar-refractivity contribution >= 4 is 53.9 Å². The maximum absolute atomic E-state index is 13.6. The molecule has 34 heavy (non-hydrogen) atoms. The molecule has 2 fully saturated rings. The fourth-order valence-electron chi connectivity index (χ4n) is 4.82. The van der Waals surface area contributed by atoms with E-state index in [4.69, 9.17) is 0 Å². The number of Topliss-reactive ketones (excluding diaryl/α,β-unsaturated/α-hetero) is 1. The number of anilines is 1. The molecule has 1 aromatic rings. The summed E-state index contributed by atoms with van der Waals surface area (Å²) in [7, 11) is -7.77. The third kappa shape index (κ3) is 4.93. The fraction of sp³-hybridized carbons (Fsp3) is 0.667. The van der Waals surface area contributed by atoms with E-state index in [-0.39, 0.29) is 51.0 Å². The lowest BCUT2D eigenvalue weighted by Crippen LogP contribution is -2.59. The van der Waals surface area contributed by atoms with Gasteiger partial charge in [-0.15, -0.1) is 15.7 Å². The van der Waals surface area contributed by atoms with Crippen molar-refractivity contribution in [1.29, 1.82) is 0 Å². The highest BCUT2D eigenvalue weighted by Gasteiger charge is 2.52. The lowest BCUT2D eigenvalue weighted by molar-refractivity contribution is -0.149. The molecule has 13 heteroatoms. The number of hydrogen-bond acceptors (Lipinski definition) is 8. The zero-order chi connectivity index (χ0) is 25.1. The zero-order valence-electron chi connectivity index (χ0n) is 19.6. The molecule has 2 aliphatic heterocycles. The minimum absolute atomic E-state index is 0.00243. The number of piperidine rings is 1. The molecule has 0 spiro atoms. The van der Waals surface area contributed by atoms with Gasteiger partial charge in [0, 0.05) is 30.6 Å². The molecule has 1 aromatic heterocycles. The standard InChI is InChI=1S/C21H30N4O6S3/c1-21(2,3)8-9-25-14-7-5-6-13(14)16(26)15(20(25)27)18-23-19-17(34(30,31)24-18)12(11-32-19)10-22-33(4,28)29/h11,13-15,22H,5-10H2,1-4H3,(H,23,24). The molecule has 0 bridgehead atoms. The molecule has 1 saturated heterocycles. The van der Waals surface area contributed by atoms with Gasteiger partial charge in [0.25, 0.3) is 10.0 Å². The molecule has 2 N–H and O–H groups in total. The molecule has 3 aliphatic rings. The average Bonchev–Trinajstić information content (AvgIpc) is 3.32. The topological polar surface area (TPSA) is 142 Å². The van der Waals surface area contributed by atoms with Crippen molar-refractivity contribution in [3.8, 4) is 0 Å². The largest absolute Gasteiger partial charge is 0.338 e. The predicted octanol–water partition coefficient (Wildman–Crippen LogP) is 1.94. The first-order valence-electron chi connectivity index (χ1n) is 11.2. The first-order chi connectivity index (χ1) is 15.7. The van der Waals surface area contributed by atoms with Gasteiger partial charge < -0.3 is 10.2 Å². The highest BCUT2D eigenvalue weighted by atomic mass is 32.2. The van der Waals surface area contributed by atoms with Crippen LogP contribution in [-0.2, 0) is 36.2 Å². The zero-order valence-corrected chi connectivity index (χ0v) is 22.1. The van der Waals surface area contributed by atoms with Gasteiger partial charge >= 0.3 is 0 Å². The Hall–Kier alpha value is -1.83. The SMILES string of the molecule is CC(C)(C)CCN1C(=O)C(C2=NS(=O)(=O)c3c(CNS(C)(=O)=O)csc3N2)C(=O)C2CCCC21. The summed E-state index contributed by atoms with van der Waals surface area (Å²) in [5.74, 6) is -2.47. The molecule has 0 aromatic carbocycles. The number of carbonyl (C=O) groups excluding carboxylic acids is 2. The Morgan fingerprint density at radius 2 is 1.97 bits per heavy atom. The van der Waals surface area contributed by atoms with E-state index in [1.165, 1.54) is 5.38 Å². The Morgan fingerprint density at radius 3 is 2.62 bits per heavy atom. The molecule has 3 unspecified atom stereocenters. The second-order valence-electron chi connectivity index (χ2n) is 10.4. The molecule has 1 saturated carbocycles. The van der Waals surface area contributed by atoms with Crippen LogP contribution in [-0.4, -0.2) is 58.1 Å². The summed E-state index contributed by atoms with van der Waals surface area (Å²) in [5, 5.41) is 4.67. The number of ketones is 1. The number of rotatable bonds is 6. The summed E-state index contributed by atoms with van der Waals surface area (Å²) >= 11 is 1.07. The maximum atomic E-state index is 13.6. The lowest BCUT2D eigenvalue weighted by Gasteiger charge is -2.42. The molecule has 1 amide bonds. The number of sulfonamides is 2. The molecule has 4 rings (SSSR count). The van der Waals surface area contributed by atoms with Crippen LogP contribution in [0.3, 0.4) is 0 Å². The van der Waals surface area contributed by atoms with Crippen LogP contribution in [0.15, 0.2) is 14.7 Å². The first kappa shape index (κ1) is 25.3. The van der Waals surface area contributed by atoms with Gasteiger partial charge in [-0.3, -0.25) is 9.59 Å². The summed E-state index contributed by atoms with van der Waals surface area (Å²) in [4.78, 5) is 28.6. The van der Waals surface area contributed by atoms with Gasteiger partial charge in [0.15, 0.2) is 11.7 Å². The smallest absolute Gasteiger partial charge is 0.287 e. The van der Waals surface area contributed by atoms with E-state index in [0.717, 1.165) is 36.9 Å². The molecule has 10 nitrogen and oxygen atoms in total. The maximum Gasteiger partial charge on any atom is 0.287 e. The Morgan fingerprint density at radius 1 is 1.26 bits per heavy atom. The van der Waals surface area contributed by atoms with E-state index >= 15 is 0 Å². The number of hydrogen-bond donors (Lipinski definition) is 2. The Bertz CT molecular complexity index is 1260. The van der Waals surface area contributed by atoms with Gasteiger partial charge in [-0.1, -0.05) is 27.2 Å². The summed E-state index contributed by atoms with van der Waals surface area (Å²) < 4.78 is 55.2. The second-order valence-corrected chi connectivity index (χ2v) is 14.6. The first-order valence-corrected chi connectivity index (χ1v) is 15.4.